The van der Waals surface area contributed by atoms with Gasteiger partial charge in [-0.25, -0.2) is 0 Å². The molecule has 0 amide bonds. The highest BCUT2D eigenvalue weighted by atomic mass is 16.5. The van der Waals surface area contributed by atoms with Crippen LogP contribution >= 0.6 is 0 Å². The van der Waals surface area contributed by atoms with E-state index in [0.29, 0.717) is 35.2 Å². The van der Waals surface area contributed by atoms with E-state index >= 15 is 0 Å². The lowest BCUT2D eigenvalue weighted by atomic mass is 9.92. The van der Waals surface area contributed by atoms with Crippen LogP contribution in [0.15, 0.2) is 30.3 Å². The van der Waals surface area contributed by atoms with E-state index < -0.39 is 0 Å². The van der Waals surface area contributed by atoms with Gasteiger partial charge >= 0.3 is 0 Å². The van der Waals surface area contributed by atoms with Crippen LogP contribution < -0.4 is 23.7 Å². The van der Waals surface area contributed by atoms with Crippen molar-refractivity contribution in [2.24, 2.45) is 0 Å². The lowest BCUT2D eigenvalue weighted by molar-refractivity contribution is 0.347. The van der Waals surface area contributed by atoms with E-state index in [2.05, 4.69) is 6.07 Å². The Hall–Kier alpha value is -3.07. The van der Waals surface area contributed by atoms with Crippen molar-refractivity contribution in [1.82, 2.24) is 0 Å². The summed E-state index contributed by atoms with van der Waals surface area (Å²) in [7, 11) is 7.87. The zero-order chi connectivity index (χ0) is 19.1. The van der Waals surface area contributed by atoms with E-state index in [9.17, 15) is 5.26 Å². The van der Waals surface area contributed by atoms with E-state index in [1.165, 1.54) is 0 Å². The molecule has 0 bridgehead atoms. The SMILES string of the molecule is COc1cc(OC)c(OC)cc1C[C@H](C#N)c1ccc(OC)c(OC)c1. The van der Waals surface area contributed by atoms with Crippen LogP contribution in [0.1, 0.15) is 17.0 Å². The van der Waals surface area contributed by atoms with Crippen molar-refractivity contribution in [1.29, 1.82) is 5.26 Å². The molecule has 6 heteroatoms. The fourth-order valence-electron chi connectivity index (χ4n) is 2.78. The third-order valence-electron chi connectivity index (χ3n) is 4.18. The summed E-state index contributed by atoms with van der Waals surface area (Å²) in [6.07, 6.45) is 0.454. The molecule has 2 aromatic rings. The minimum absolute atomic E-state index is 0.387. The highest BCUT2D eigenvalue weighted by molar-refractivity contribution is 5.52. The third-order valence-corrected chi connectivity index (χ3v) is 4.18. The maximum absolute atomic E-state index is 9.70. The van der Waals surface area contributed by atoms with Crippen LogP contribution in [0, 0.1) is 11.3 Å². The Labute approximate surface area is 153 Å². The Morgan fingerprint density at radius 1 is 0.731 bits per heavy atom. The molecule has 0 N–H and O–H groups in total. The third kappa shape index (κ3) is 3.94. The van der Waals surface area contributed by atoms with Gasteiger partial charge in [-0.05, 0) is 35.7 Å². The molecule has 2 rings (SSSR count). The van der Waals surface area contributed by atoms with Gasteiger partial charge in [0, 0.05) is 6.07 Å². The van der Waals surface area contributed by atoms with Crippen molar-refractivity contribution in [2.75, 3.05) is 35.5 Å². The zero-order valence-electron chi connectivity index (χ0n) is 15.7. The summed E-state index contributed by atoms with van der Waals surface area (Å²) in [5, 5.41) is 9.70. The maximum atomic E-state index is 9.70. The van der Waals surface area contributed by atoms with Crippen molar-refractivity contribution in [3.8, 4) is 34.8 Å². The predicted octanol–water partition coefficient (Wildman–Crippen LogP) is 3.58. The molecule has 1 atom stereocenters. The van der Waals surface area contributed by atoms with Crippen LogP contribution in [0.4, 0.5) is 0 Å². The number of ether oxygens (including phenoxy) is 5. The number of benzene rings is 2. The molecule has 0 saturated carbocycles. The molecular weight excluding hydrogens is 334 g/mol. The Balaban J connectivity index is 2.40. The van der Waals surface area contributed by atoms with Gasteiger partial charge in [0.15, 0.2) is 23.0 Å². The molecular formula is C20H23NO5. The molecule has 26 heavy (non-hydrogen) atoms. The second-order valence-corrected chi connectivity index (χ2v) is 5.52. The van der Waals surface area contributed by atoms with Crippen molar-refractivity contribution in [3.63, 3.8) is 0 Å². The summed E-state index contributed by atoms with van der Waals surface area (Å²) in [6, 6.07) is 11.4. The minimum Gasteiger partial charge on any atom is -0.496 e. The highest BCUT2D eigenvalue weighted by Gasteiger charge is 2.19. The quantitative estimate of drug-likeness (QED) is 0.719. The topological polar surface area (TPSA) is 69.9 Å². The van der Waals surface area contributed by atoms with E-state index in [-0.39, 0.29) is 5.92 Å². The first-order chi connectivity index (χ1) is 12.6. The van der Waals surface area contributed by atoms with Gasteiger partial charge < -0.3 is 23.7 Å². The summed E-state index contributed by atoms with van der Waals surface area (Å²) in [5.41, 5.74) is 1.69. The van der Waals surface area contributed by atoms with E-state index in [0.717, 1.165) is 11.1 Å². The summed E-state index contributed by atoms with van der Waals surface area (Å²) in [6.45, 7) is 0. The average Bonchev–Trinajstić information content (AvgIpc) is 2.70. The standard InChI is InChI=1S/C20H23NO5/c1-22-16-7-6-13(9-18(16)24-3)15(12-21)8-14-10-19(25-4)20(26-5)11-17(14)23-2/h6-7,9-11,15H,8H2,1-5H3/t15-/m1/s1. The number of nitriles is 1. The zero-order valence-corrected chi connectivity index (χ0v) is 15.7. The molecule has 0 aliphatic rings. The van der Waals surface area contributed by atoms with Crippen molar-refractivity contribution < 1.29 is 23.7 Å². The van der Waals surface area contributed by atoms with Gasteiger partial charge in [0.2, 0.25) is 0 Å². The second kappa shape index (κ2) is 8.86. The number of rotatable bonds is 8. The van der Waals surface area contributed by atoms with Crippen molar-refractivity contribution >= 4 is 0 Å². The van der Waals surface area contributed by atoms with Crippen LogP contribution in [0.3, 0.4) is 0 Å². The van der Waals surface area contributed by atoms with E-state index in [1.807, 2.05) is 18.2 Å². The van der Waals surface area contributed by atoms with Crippen molar-refractivity contribution in [3.05, 3.63) is 41.5 Å². The Morgan fingerprint density at radius 2 is 1.27 bits per heavy atom. The van der Waals surface area contributed by atoms with Gasteiger partial charge in [0.1, 0.15) is 5.75 Å². The largest absolute Gasteiger partial charge is 0.496 e. The van der Waals surface area contributed by atoms with Gasteiger partial charge in [-0.15, -0.1) is 0 Å². The minimum atomic E-state index is -0.387. The molecule has 0 fully saturated rings. The molecule has 2 aromatic carbocycles. The molecule has 0 unspecified atom stereocenters. The van der Waals surface area contributed by atoms with Crippen LogP contribution in [0.25, 0.3) is 0 Å². The van der Waals surface area contributed by atoms with Gasteiger partial charge in [-0.1, -0.05) is 6.07 Å². The molecule has 0 aromatic heterocycles. The van der Waals surface area contributed by atoms with Crippen LogP contribution in [-0.2, 0) is 6.42 Å². The summed E-state index contributed by atoms with van der Waals surface area (Å²) in [4.78, 5) is 0. The molecule has 0 heterocycles. The summed E-state index contributed by atoms with van der Waals surface area (Å²) in [5.74, 6) is 2.63. The predicted molar refractivity (Wildman–Crippen MR) is 97.7 cm³/mol. The summed E-state index contributed by atoms with van der Waals surface area (Å²) >= 11 is 0. The van der Waals surface area contributed by atoms with E-state index in [1.54, 1.807) is 47.7 Å². The Morgan fingerprint density at radius 3 is 1.81 bits per heavy atom. The monoisotopic (exact) mass is 357 g/mol. The van der Waals surface area contributed by atoms with E-state index in [4.69, 9.17) is 23.7 Å². The lowest BCUT2D eigenvalue weighted by Crippen LogP contribution is -2.04. The number of methoxy groups -OCH3 is 5. The first kappa shape index (κ1) is 19.3. The lowest BCUT2D eigenvalue weighted by Gasteiger charge is -2.17. The molecule has 0 spiro atoms. The number of nitrogens with zero attached hydrogens (tertiary/aromatic N) is 1. The number of hydrogen-bond donors (Lipinski definition) is 0. The van der Waals surface area contributed by atoms with Gasteiger partial charge in [-0.2, -0.15) is 5.26 Å². The fourth-order valence-corrected chi connectivity index (χ4v) is 2.78. The fraction of sp³-hybridized carbons (Fsp3) is 0.350. The van der Waals surface area contributed by atoms with Gasteiger partial charge in [-0.3, -0.25) is 0 Å². The smallest absolute Gasteiger partial charge is 0.164 e. The molecule has 0 aliphatic heterocycles. The molecule has 6 nitrogen and oxygen atoms in total. The summed E-state index contributed by atoms with van der Waals surface area (Å²) < 4.78 is 26.7. The highest BCUT2D eigenvalue weighted by Crippen LogP contribution is 2.38. The Bertz CT molecular complexity index is 798. The maximum Gasteiger partial charge on any atom is 0.164 e. The molecule has 0 radical (unpaired) electrons. The Kier molecular flexibility index (Phi) is 6.56. The van der Waals surface area contributed by atoms with Gasteiger partial charge in [0.25, 0.3) is 0 Å². The normalized spacial score (nSPS) is 11.2. The van der Waals surface area contributed by atoms with Crippen LogP contribution in [0.5, 0.6) is 28.7 Å². The molecule has 0 aliphatic carbocycles. The average molecular weight is 357 g/mol. The van der Waals surface area contributed by atoms with Crippen LogP contribution in [0.2, 0.25) is 0 Å². The van der Waals surface area contributed by atoms with Crippen LogP contribution in [-0.4, -0.2) is 35.5 Å². The molecule has 0 saturated heterocycles. The number of hydrogen-bond acceptors (Lipinski definition) is 6. The first-order valence-electron chi connectivity index (χ1n) is 8.02. The van der Waals surface area contributed by atoms with Crippen molar-refractivity contribution in [2.45, 2.75) is 12.3 Å². The second-order valence-electron chi connectivity index (χ2n) is 5.52. The molecule has 138 valence electrons. The first-order valence-corrected chi connectivity index (χ1v) is 8.02. The van der Waals surface area contributed by atoms with Gasteiger partial charge in [0.05, 0.1) is 47.5 Å².